The fraction of sp³-hybridized carbons (Fsp3) is 0.267. The number of thiazole rings is 1. The highest BCUT2D eigenvalue weighted by Crippen LogP contribution is 2.27. The van der Waals surface area contributed by atoms with Crippen molar-refractivity contribution in [3.05, 3.63) is 35.9 Å². The number of hydrogen-bond acceptors (Lipinski definition) is 7. The van der Waals surface area contributed by atoms with Crippen LogP contribution in [0.15, 0.2) is 24.5 Å². The quantitative estimate of drug-likeness (QED) is 0.658. The van der Waals surface area contributed by atoms with Crippen molar-refractivity contribution in [3.63, 3.8) is 0 Å². The van der Waals surface area contributed by atoms with Crippen LogP contribution in [0.1, 0.15) is 17.8 Å². The molecule has 24 heavy (non-hydrogen) atoms. The maximum atomic E-state index is 12.0. The molecule has 0 atom stereocenters. The Morgan fingerprint density at radius 1 is 1.38 bits per heavy atom. The Hall–Kier alpha value is -2.81. The number of carbonyl (C=O) groups is 2. The molecule has 0 aliphatic heterocycles. The van der Waals surface area contributed by atoms with E-state index in [0.717, 1.165) is 15.8 Å². The van der Waals surface area contributed by atoms with Gasteiger partial charge in [0.25, 0.3) is 0 Å². The molecule has 1 aromatic carbocycles. The van der Waals surface area contributed by atoms with E-state index in [1.807, 2.05) is 18.2 Å². The van der Waals surface area contributed by atoms with E-state index in [1.165, 1.54) is 24.8 Å². The van der Waals surface area contributed by atoms with E-state index in [4.69, 9.17) is 0 Å². The first-order valence-electron chi connectivity index (χ1n) is 7.24. The Bertz CT molecular complexity index is 859. The molecule has 0 fully saturated rings. The van der Waals surface area contributed by atoms with Gasteiger partial charge >= 0.3 is 5.97 Å². The highest BCUT2D eigenvalue weighted by molar-refractivity contribution is 7.22. The summed E-state index contributed by atoms with van der Waals surface area (Å²) in [6.45, 7) is 0. The molecule has 0 unspecified atom stereocenters. The van der Waals surface area contributed by atoms with Crippen LogP contribution in [0.5, 0.6) is 0 Å². The lowest BCUT2D eigenvalue weighted by Gasteiger charge is -2.00. The maximum absolute atomic E-state index is 12.0. The topological polar surface area (TPSA) is 110 Å². The van der Waals surface area contributed by atoms with Gasteiger partial charge < -0.3 is 10.1 Å². The third kappa shape index (κ3) is 3.93. The monoisotopic (exact) mass is 345 g/mol. The Morgan fingerprint density at radius 3 is 3.00 bits per heavy atom. The summed E-state index contributed by atoms with van der Waals surface area (Å²) in [5, 5.41) is 9.62. The summed E-state index contributed by atoms with van der Waals surface area (Å²) in [7, 11) is 1.38. The largest absolute Gasteiger partial charge is 0.469 e. The average Bonchev–Trinajstić information content (AvgIpc) is 3.20. The SMILES string of the molecule is COC(=O)CCc1ccc2nc(NC(=O)Cc3ncn[nH]3)sc2c1. The average molecular weight is 345 g/mol. The number of amides is 1. The molecule has 0 saturated carbocycles. The molecule has 2 N–H and O–H groups in total. The standard InChI is InChI=1S/C15H15N5O3S/c1-23-14(22)5-3-9-2-4-10-11(6-9)24-15(18-10)19-13(21)7-12-16-8-17-20-12/h2,4,6,8H,3,5,7H2,1H3,(H,16,17,20)(H,18,19,21). The molecule has 1 amide bonds. The van der Waals surface area contributed by atoms with Crippen molar-refractivity contribution in [1.29, 1.82) is 0 Å². The number of aromatic amines is 1. The van der Waals surface area contributed by atoms with Gasteiger partial charge in [0.15, 0.2) is 5.13 Å². The van der Waals surface area contributed by atoms with E-state index in [0.29, 0.717) is 23.8 Å². The number of nitrogens with zero attached hydrogens (tertiary/aromatic N) is 3. The molecule has 8 nitrogen and oxygen atoms in total. The van der Waals surface area contributed by atoms with E-state index >= 15 is 0 Å². The third-order valence-corrected chi connectivity index (χ3v) is 4.27. The van der Waals surface area contributed by atoms with E-state index in [-0.39, 0.29) is 18.3 Å². The molecule has 0 radical (unpaired) electrons. The van der Waals surface area contributed by atoms with Gasteiger partial charge in [-0.1, -0.05) is 17.4 Å². The molecule has 2 aromatic heterocycles. The van der Waals surface area contributed by atoms with E-state index in [1.54, 1.807) is 0 Å². The number of anilines is 1. The molecular weight excluding hydrogens is 330 g/mol. The number of nitrogens with one attached hydrogen (secondary N) is 2. The molecule has 3 aromatic rings. The van der Waals surface area contributed by atoms with Gasteiger partial charge in [-0.15, -0.1) is 0 Å². The Morgan fingerprint density at radius 2 is 2.25 bits per heavy atom. The van der Waals surface area contributed by atoms with Crippen LogP contribution in [-0.4, -0.2) is 39.2 Å². The molecule has 0 aliphatic carbocycles. The van der Waals surface area contributed by atoms with Crippen LogP contribution >= 0.6 is 11.3 Å². The number of fused-ring (bicyclic) bond motifs is 1. The zero-order valence-electron chi connectivity index (χ0n) is 12.9. The number of carbonyl (C=O) groups excluding carboxylic acids is 2. The molecule has 0 bridgehead atoms. The smallest absolute Gasteiger partial charge is 0.305 e. The highest BCUT2D eigenvalue weighted by Gasteiger charge is 2.11. The zero-order valence-corrected chi connectivity index (χ0v) is 13.7. The molecule has 0 aliphatic rings. The molecular formula is C15H15N5O3S. The number of ether oxygens (including phenoxy) is 1. The Balaban J connectivity index is 1.67. The van der Waals surface area contributed by atoms with Gasteiger partial charge in [0.05, 0.1) is 23.7 Å². The number of esters is 1. The van der Waals surface area contributed by atoms with E-state index in [9.17, 15) is 9.59 Å². The zero-order chi connectivity index (χ0) is 16.9. The minimum absolute atomic E-state index is 0.111. The number of H-pyrrole nitrogens is 1. The summed E-state index contributed by atoms with van der Waals surface area (Å²) < 4.78 is 5.59. The lowest BCUT2D eigenvalue weighted by Crippen LogP contribution is -2.15. The van der Waals surface area contributed by atoms with Crippen molar-refractivity contribution in [2.75, 3.05) is 12.4 Å². The lowest BCUT2D eigenvalue weighted by atomic mass is 10.1. The summed E-state index contributed by atoms with van der Waals surface area (Å²) in [4.78, 5) is 31.5. The van der Waals surface area contributed by atoms with Gasteiger partial charge in [0.1, 0.15) is 12.2 Å². The molecule has 0 spiro atoms. The Labute approximate surface area is 141 Å². The summed E-state index contributed by atoms with van der Waals surface area (Å²) in [6, 6.07) is 5.78. The maximum Gasteiger partial charge on any atom is 0.305 e. The second-order valence-electron chi connectivity index (χ2n) is 5.05. The first-order valence-corrected chi connectivity index (χ1v) is 8.06. The van der Waals surface area contributed by atoms with Crippen LogP contribution in [0, 0.1) is 0 Å². The minimum Gasteiger partial charge on any atom is -0.469 e. The summed E-state index contributed by atoms with van der Waals surface area (Å²) >= 11 is 1.39. The van der Waals surface area contributed by atoms with Gasteiger partial charge in [0.2, 0.25) is 5.91 Å². The van der Waals surface area contributed by atoms with Crippen LogP contribution in [0.25, 0.3) is 10.2 Å². The van der Waals surface area contributed by atoms with Crippen LogP contribution in [0.2, 0.25) is 0 Å². The summed E-state index contributed by atoms with van der Waals surface area (Å²) in [5.74, 6) is 0.0511. The second-order valence-corrected chi connectivity index (χ2v) is 6.08. The second kappa shape index (κ2) is 7.18. The highest BCUT2D eigenvalue weighted by atomic mass is 32.1. The predicted octanol–water partition coefficient (Wildman–Crippen LogP) is 1.70. The first kappa shape index (κ1) is 16.1. The molecule has 3 rings (SSSR count). The first-order chi connectivity index (χ1) is 11.6. The fourth-order valence-electron chi connectivity index (χ4n) is 2.16. The predicted molar refractivity (Wildman–Crippen MR) is 88.7 cm³/mol. The van der Waals surface area contributed by atoms with E-state index < -0.39 is 0 Å². The van der Waals surface area contributed by atoms with Crippen molar-refractivity contribution in [2.45, 2.75) is 19.3 Å². The van der Waals surface area contributed by atoms with Gasteiger partial charge in [-0.05, 0) is 24.1 Å². The summed E-state index contributed by atoms with van der Waals surface area (Å²) in [6.07, 6.45) is 2.41. The molecule has 124 valence electrons. The minimum atomic E-state index is -0.236. The fourth-order valence-corrected chi connectivity index (χ4v) is 3.10. The summed E-state index contributed by atoms with van der Waals surface area (Å²) in [5.41, 5.74) is 1.83. The number of methoxy groups -OCH3 is 1. The number of rotatable bonds is 6. The van der Waals surface area contributed by atoms with Crippen LogP contribution < -0.4 is 5.32 Å². The van der Waals surface area contributed by atoms with E-state index in [2.05, 4.69) is 30.2 Å². The third-order valence-electron chi connectivity index (χ3n) is 3.34. The van der Waals surface area contributed by atoms with Crippen molar-refractivity contribution in [2.24, 2.45) is 0 Å². The van der Waals surface area contributed by atoms with Gasteiger partial charge in [-0.3, -0.25) is 14.7 Å². The number of aromatic nitrogens is 4. The van der Waals surface area contributed by atoms with Crippen molar-refractivity contribution in [1.82, 2.24) is 20.2 Å². The molecule has 2 heterocycles. The normalized spacial score (nSPS) is 10.7. The molecule has 0 saturated heterocycles. The van der Waals surface area contributed by atoms with Gasteiger partial charge in [0, 0.05) is 6.42 Å². The van der Waals surface area contributed by atoms with Crippen molar-refractivity contribution in [3.8, 4) is 0 Å². The molecule has 9 heteroatoms. The van der Waals surface area contributed by atoms with Crippen LogP contribution in [0.4, 0.5) is 5.13 Å². The number of benzene rings is 1. The van der Waals surface area contributed by atoms with Crippen LogP contribution in [-0.2, 0) is 27.2 Å². The van der Waals surface area contributed by atoms with Gasteiger partial charge in [-0.2, -0.15) is 5.10 Å². The number of hydrogen-bond donors (Lipinski definition) is 2. The number of aryl methyl sites for hydroxylation is 1. The lowest BCUT2D eigenvalue weighted by molar-refractivity contribution is -0.140. The van der Waals surface area contributed by atoms with Crippen molar-refractivity contribution >= 4 is 38.6 Å². The van der Waals surface area contributed by atoms with Gasteiger partial charge in [-0.25, -0.2) is 9.97 Å². The van der Waals surface area contributed by atoms with Crippen molar-refractivity contribution < 1.29 is 14.3 Å². The van der Waals surface area contributed by atoms with Crippen LogP contribution in [0.3, 0.4) is 0 Å². The Kier molecular flexibility index (Phi) is 4.80.